The molecule has 1 aromatic rings. The monoisotopic (exact) mass is 299 g/mol. The molecule has 2 aliphatic rings. The molecule has 0 aliphatic carbocycles. The summed E-state index contributed by atoms with van der Waals surface area (Å²) in [5.41, 5.74) is 1.14. The molecule has 5 heteroatoms. The number of alkyl halides is 3. The minimum Gasteiger partial charge on any atom is -0.493 e. The molecule has 3 rings (SSSR count). The first-order valence-electron chi connectivity index (χ1n) is 7.56. The van der Waals surface area contributed by atoms with Crippen molar-refractivity contribution in [2.24, 2.45) is 5.92 Å². The van der Waals surface area contributed by atoms with Gasteiger partial charge in [0.1, 0.15) is 5.75 Å². The smallest absolute Gasteiger partial charge is 0.391 e. The number of hydrogen-bond acceptors (Lipinski definition) is 2. The van der Waals surface area contributed by atoms with Crippen molar-refractivity contribution in [3.05, 3.63) is 29.8 Å². The van der Waals surface area contributed by atoms with E-state index in [0.717, 1.165) is 24.2 Å². The maximum Gasteiger partial charge on any atom is 0.391 e. The molecule has 1 N–H and O–H groups in total. The van der Waals surface area contributed by atoms with Gasteiger partial charge in [-0.25, -0.2) is 0 Å². The molecule has 116 valence electrons. The molecule has 0 saturated carbocycles. The summed E-state index contributed by atoms with van der Waals surface area (Å²) in [5, 5.41) is 3.26. The average Bonchev–Trinajstić information content (AvgIpc) is 2.47. The van der Waals surface area contributed by atoms with Crippen LogP contribution in [0.25, 0.3) is 0 Å². The number of ether oxygens (including phenoxy) is 1. The molecule has 1 aromatic carbocycles. The van der Waals surface area contributed by atoms with Crippen molar-refractivity contribution in [3.8, 4) is 5.75 Å². The van der Waals surface area contributed by atoms with Gasteiger partial charge in [0.15, 0.2) is 0 Å². The Morgan fingerprint density at radius 2 is 2.00 bits per heavy atom. The molecule has 1 saturated heterocycles. The number of para-hydroxylation sites is 1. The number of halogens is 3. The lowest BCUT2D eigenvalue weighted by Crippen LogP contribution is -2.43. The van der Waals surface area contributed by atoms with E-state index >= 15 is 0 Å². The number of rotatable bonds is 2. The summed E-state index contributed by atoms with van der Waals surface area (Å²) in [6.07, 6.45) is -2.03. The second kappa shape index (κ2) is 5.87. The highest BCUT2D eigenvalue weighted by Gasteiger charge is 2.42. The highest BCUT2D eigenvalue weighted by molar-refractivity contribution is 5.37. The standard InChI is InChI=1S/C16H20F3NO/c17-16(18,19)12-5-7-20-13(10-12)9-11-6-8-21-15-4-2-1-3-14(11)15/h1-4,11-13,20H,5-10H2. The van der Waals surface area contributed by atoms with E-state index in [1.165, 1.54) is 0 Å². The number of hydrogen-bond donors (Lipinski definition) is 1. The third kappa shape index (κ3) is 3.34. The van der Waals surface area contributed by atoms with Crippen LogP contribution in [-0.2, 0) is 0 Å². The number of benzene rings is 1. The molecular weight excluding hydrogens is 279 g/mol. The van der Waals surface area contributed by atoms with Gasteiger partial charge in [-0.15, -0.1) is 0 Å². The fourth-order valence-electron chi connectivity index (χ4n) is 3.49. The lowest BCUT2D eigenvalue weighted by Gasteiger charge is -2.35. The van der Waals surface area contributed by atoms with Crippen LogP contribution in [0.4, 0.5) is 13.2 Å². The largest absolute Gasteiger partial charge is 0.493 e. The average molecular weight is 299 g/mol. The Kier molecular flexibility index (Phi) is 4.11. The van der Waals surface area contributed by atoms with Gasteiger partial charge in [0.25, 0.3) is 0 Å². The molecule has 2 aliphatic heterocycles. The number of nitrogens with one attached hydrogen (secondary N) is 1. The number of piperidine rings is 1. The molecule has 21 heavy (non-hydrogen) atoms. The van der Waals surface area contributed by atoms with E-state index in [0.29, 0.717) is 19.1 Å². The first kappa shape index (κ1) is 14.7. The molecule has 2 heterocycles. The SMILES string of the molecule is FC(F)(F)C1CCNC(CC2CCOc3ccccc32)C1. The van der Waals surface area contributed by atoms with Gasteiger partial charge in [0.2, 0.25) is 0 Å². The second-order valence-electron chi connectivity index (χ2n) is 6.02. The Hall–Kier alpha value is -1.23. The minimum absolute atomic E-state index is 0.0541. The summed E-state index contributed by atoms with van der Waals surface area (Å²) < 4.78 is 44.3. The summed E-state index contributed by atoms with van der Waals surface area (Å²) in [6, 6.07) is 7.81. The Balaban J connectivity index is 1.67. The van der Waals surface area contributed by atoms with E-state index < -0.39 is 12.1 Å². The van der Waals surface area contributed by atoms with Crippen LogP contribution in [0.1, 0.15) is 37.2 Å². The van der Waals surface area contributed by atoms with E-state index in [1.807, 2.05) is 24.3 Å². The molecule has 3 atom stereocenters. The van der Waals surface area contributed by atoms with Gasteiger partial charge in [0, 0.05) is 6.04 Å². The molecule has 3 unspecified atom stereocenters. The zero-order valence-corrected chi connectivity index (χ0v) is 11.8. The topological polar surface area (TPSA) is 21.3 Å². The molecule has 0 aromatic heterocycles. The lowest BCUT2D eigenvalue weighted by molar-refractivity contribution is -0.183. The van der Waals surface area contributed by atoms with Gasteiger partial charge in [-0.05, 0) is 49.8 Å². The molecular formula is C16H20F3NO. The van der Waals surface area contributed by atoms with Crippen LogP contribution in [0.2, 0.25) is 0 Å². The maximum absolute atomic E-state index is 12.9. The zero-order valence-electron chi connectivity index (χ0n) is 11.8. The predicted molar refractivity (Wildman–Crippen MR) is 74.5 cm³/mol. The summed E-state index contributed by atoms with van der Waals surface area (Å²) in [6.45, 7) is 1.11. The van der Waals surface area contributed by atoms with Gasteiger partial charge in [-0.2, -0.15) is 13.2 Å². The molecule has 0 amide bonds. The minimum atomic E-state index is -4.06. The Morgan fingerprint density at radius 3 is 2.81 bits per heavy atom. The van der Waals surface area contributed by atoms with E-state index in [-0.39, 0.29) is 18.9 Å². The fourth-order valence-corrected chi connectivity index (χ4v) is 3.49. The van der Waals surface area contributed by atoms with Crippen molar-refractivity contribution < 1.29 is 17.9 Å². The molecule has 0 spiro atoms. The van der Waals surface area contributed by atoms with E-state index in [4.69, 9.17) is 4.74 Å². The van der Waals surface area contributed by atoms with Crippen molar-refractivity contribution in [2.75, 3.05) is 13.2 Å². The van der Waals surface area contributed by atoms with Gasteiger partial charge in [-0.1, -0.05) is 18.2 Å². The highest BCUT2D eigenvalue weighted by atomic mass is 19.4. The van der Waals surface area contributed by atoms with E-state index in [2.05, 4.69) is 5.32 Å². The zero-order chi connectivity index (χ0) is 14.9. The third-order valence-electron chi connectivity index (χ3n) is 4.61. The normalized spacial score (nSPS) is 29.6. The van der Waals surface area contributed by atoms with Crippen LogP contribution in [-0.4, -0.2) is 25.4 Å². The van der Waals surface area contributed by atoms with Gasteiger partial charge in [-0.3, -0.25) is 0 Å². The van der Waals surface area contributed by atoms with Crippen LogP contribution >= 0.6 is 0 Å². The van der Waals surface area contributed by atoms with Crippen molar-refractivity contribution in [2.45, 2.75) is 43.8 Å². The van der Waals surface area contributed by atoms with Crippen molar-refractivity contribution in [1.29, 1.82) is 0 Å². The summed E-state index contributed by atoms with van der Waals surface area (Å²) in [5.74, 6) is 0.0233. The molecule has 2 nitrogen and oxygen atoms in total. The summed E-state index contributed by atoms with van der Waals surface area (Å²) in [7, 11) is 0. The predicted octanol–water partition coefficient (Wildman–Crippen LogP) is 3.87. The Labute approximate surface area is 122 Å². The Bertz CT molecular complexity index is 489. The highest BCUT2D eigenvalue weighted by Crippen LogP contribution is 2.40. The second-order valence-corrected chi connectivity index (χ2v) is 6.02. The van der Waals surface area contributed by atoms with Gasteiger partial charge < -0.3 is 10.1 Å². The van der Waals surface area contributed by atoms with Crippen LogP contribution in [0.5, 0.6) is 5.75 Å². The summed E-state index contributed by atoms with van der Waals surface area (Å²) >= 11 is 0. The van der Waals surface area contributed by atoms with Crippen LogP contribution < -0.4 is 10.1 Å². The molecule has 0 bridgehead atoms. The molecule has 1 fully saturated rings. The summed E-state index contributed by atoms with van der Waals surface area (Å²) in [4.78, 5) is 0. The maximum atomic E-state index is 12.9. The fraction of sp³-hybridized carbons (Fsp3) is 0.625. The van der Waals surface area contributed by atoms with Crippen molar-refractivity contribution >= 4 is 0 Å². The van der Waals surface area contributed by atoms with Crippen molar-refractivity contribution in [3.63, 3.8) is 0 Å². The van der Waals surface area contributed by atoms with Gasteiger partial charge >= 0.3 is 6.18 Å². The van der Waals surface area contributed by atoms with Crippen molar-refractivity contribution in [1.82, 2.24) is 5.32 Å². The number of fused-ring (bicyclic) bond motifs is 1. The van der Waals surface area contributed by atoms with Crippen LogP contribution in [0, 0.1) is 5.92 Å². The van der Waals surface area contributed by atoms with E-state index in [9.17, 15) is 13.2 Å². The lowest BCUT2D eigenvalue weighted by atomic mass is 9.82. The first-order valence-corrected chi connectivity index (χ1v) is 7.56. The third-order valence-corrected chi connectivity index (χ3v) is 4.61. The Morgan fingerprint density at radius 1 is 1.19 bits per heavy atom. The van der Waals surface area contributed by atoms with Crippen LogP contribution in [0.3, 0.4) is 0 Å². The van der Waals surface area contributed by atoms with Crippen LogP contribution in [0.15, 0.2) is 24.3 Å². The van der Waals surface area contributed by atoms with Gasteiger partial charge in [0.05, 0.1) is 12.5 Å². The molecule has 0 radical (unpaired) electrons. The quantitative estimate of drug-likeness (QED) is 0.895. The van der Waals surface area contributed by atoms with E-state index in [1.54, 1.807) is 0 Å². The first-order chi connectivity index (χ1) is 10.0.